The minimum atomic E-state index is -1.02. The van der Waals surface area contributed by atoms with Gasteiger partial charge in [-0.25, -0.2) is 4.79 Å². The Morgan fingerprint density at radius 1 is 1.37 bits per heavy atom. The lowest BCUT2D eigenvalue weighted by atomic mass is 10.0. The minimum Gasteiger partial charge on any atom is -0.480 e. The first-order chi connectivity index (χ1) is 9.08. The van der Waals surface area contributed by atoms with E-state index in [1.165, 1.54) is 4.90 Å². The second-order valence-electron chi connectivity index (χ2n) is 4.78. The van der Waals surface area contributed by atoms with Crippen LogP contribution in [0.1, 0.15) is 18.4 Å². The molecule has 0 aromatic heterocycles. The highest BCUT2D eigenvalue weighted by molar-refractivity contribution is 5.85. The highest BCUT2D eigenvalue weighted by atomic mass is 16.4. The second-order valence-corrected chi connectivity index (χ2v) is 4.78. The van der Waals surface area contributed by atoms with Crippen LogP contribution < -0.4 is 0 Å². The molecule has 5 heteroatoms. The molecule has 0 saturated carbocycles. The lowest BCUT2D eigenvalue weighted by Gasteiger charge is -2.24. The van der Waals surface area contributed by atoms with Crippen molar-refractivity contribution in [3.63, 3.8) is 0 Å². The number of carbonyl (C=O) groups excluding carboxylic acids is 1. The van der Waals surface area contributed by atoms with Gasteiger partial charge >= 0.3 is 5.97 Å². The molecule has 1 amide bonds. The number of β-amino-alcohol motifs (C(OH)–C–C–N with tert-alkyl or cyclic N) is 1. The molecule has 19 heavy (non-hydrogen) atoms. The van der Waals surface area contributed by atoms with E-state index in [1.807, 2.05) is 30.3 Å². The van der Waals surface area contributed by atoms with Crippen LogP contribution in [0.15, 0.2) is 30.3 Å². The molecule has 0 aliphatic carbocycles. The van der Waals surface area contributed by atoms with Crippen LogP contribution in [0, 0.1) is 0 Å². The van der Waals surface area contributed by atoms with E-state index < -0.39 is 18.1 Å². The lowest BCUT2D eigenvalue weighted by Crippen LogP contribution is -2.42. The number of amides is 1. The number of aliphatic hydroxyl groups is 1. The van der Waals surface area contributed by atoms with Gasteiger partial charge in [0.2, 0.25) is 5.91 Å². The predicted molar refractivity (Wildman–Crippen MR) is 68.5 cm³/mol. The van der Waals surface area contributed by atoms with Gasteiger partial charge in [0.1, 0.15) is 6.04 Å². The number of likely N-dealkylation sites (tertiary alicyclic amines) is 1. The number of hydrogen-bond acceptors (Lipinski definition) is 3. The van der Waals surface area contributed by atoms with Crippen molar-refractivity contribution in [2.75, 3.05) is 6.54 Å². The van der Waals surface area contributed by atoms with Crippen molar-refractivity contribution in [3.8, 4) is 0 Å². The van der Waals surface area contributed by atoms with Gasteiger partial charge in [0.25, 0.3) is 0 Å². The van der Waals surface area contributed by atoms with Gasteiger partial charge in [0.05, 0.1) is 12.5 Å². The van der Waals surface area contributed by atoms with Crippen LogP contribution in [0.3, 0.4) is 0 Å². The first-order valence-corrected chi connectivity index (χ1v) is 6.32. The van der Waals surface area contributed by atoms with Gasteiger partial charge in [0, 0.05) is 6.54 Å². The van der Waals surface area contributed by atoms with E-state index in [9.17, 15) is 19.8 Å². The van der Waals surface area contributed by atoms with Crippen molar-refractivity contribution in [2.45, 2.75) is 31.4 Å². The molecule has 1 heterocycles. The van der Waals surface area contributed by atoms with Crippen LogP contribution in [-0.2, 0) is 16.0 Å². The van der Waals surface area contributed by atoms with Gasteiger partial charge in [-0.3, -0.25) is 4.79 Å². The minimum absolute atomic E-state index is 0.0229. The summed E-state index contributed by atoms with van der Waals surface area (Å²) in [6.07, 6.45) is 0.232. The fourth-order valence-corrected chi connectivity index (χ4v) is 2.37. The first-order valence-electron chi connectivity index (χ1n) is 6.32. The van der Waals surface area contributed by atoms with E-state index in [1.54, 1.807) is 0 Å². The molecule has 102 valence electrons. The lowest BCUT2D eigenvalue weighted by molar-refractivity contribution is -0.148. The molecule has 5 nitrogen and oxygen atoms in total. The number of benzene rings is 1. The maximum absolute atomic E-state index is 11.6. The van der Waals surface area contributed by atoms with E-state index in [0.717, 1.165) is 5.56 Å². The average Bonchev–Trinajstić information content (AvgIpc) is 2.70. The van der Waals surface area contributed by atoms with Crippen LogP contribution in [0.4, 0.5) is 0 Å². The van der Waals surface area contributed by atoms with Crippen LogP contribution in [-0.4, -0.2) is 45.7 Å². The van der Waals surface area contributed by atoms with Crippen molar-refractivity contribution in [1.82, 2.24) is 4.90 Å². The Bertz CT molecular complexity index is 460. The number of carboxylic acid groups (broad SMARTS) is 1. The number of aliphatic hydroxyl groups excluding tert-OH is 1. The number of aliphatic carboxylic acids is 1. The summed E-state index contributed by atoms with van der Waals surface area (Å²) in [5, 5.41) is 18.7. The molecule has 1 fully saturated rings. The van der Waals surface area contributed by atoms with Crippen molar-refractivity contribution in [2.24, 2.45) is 0 Å². The quantitative estimate of drug-likeness (QED) is 0.818. The number of carbonyl (C=O) groups is 2. The highest BCUT2D eigenvalue weighted by Gasteiger charge is 2.36. The predicted octanol–water partition coefficient (Wildman–Crippen LogP) is 0.666. The Hall–Kier alpha value is -1.88. The van der Waals surface area contributed by atoms with Crippen LogP contribution in [0.2, 0.25) is 0 Å². The third-order valence-electron chi connectivity index (χ3n) is 3.35. The third-order valence-corrected chi connectivity index (χ3v) is 3.35. The third kappa shape index (κ3) is 3.32. The van der Waals surface area contributed by atoms with Crippen LogP contribution >= 0.6 is 0 Å². The Labute approximate surface area is 111 Å². The highest BCUT2D eigenvalue weighted by Crippen LogP contribution is 2.18. The Balaban J connectivity index is 2.01. The molecule has 1 aliphatic heterocycles. The zero-order valence-corrected chi connectivity index (χ0v) is 10.5. The van der Waals surface area contributed by atoms with Gasteiger partial charge in [-0.1, -0.05) is 30.3 Å². The van der Waals surface area contributed by atoms with Crippen molar-refractivity contribution in [1.29, 1.82) is 0 Å². The monoisotopic (exact) mass is 263 g/mol. The molecule has 1 aliphatic rings. The number of aryl methyl sites for hydroxylation is 1. The van der Waals surface area contributed by atoms with E-state index in [2.05, 4.69) is 0 Å². The van der Waals surface area contributed by atoms with Crippen LogP contribution in [0.25, 0.3) is 0 Å². The number of carboxylic acids is 1. The van der Waals surface area contributed by atoms with Crippen LogP contribution in [0.5, 0.6) is 0 Å². The summed E-state index contributed by atoms with van der Waals surface area (Å²) in [7, 11) is 0. The van der Waals surface area contributed by atoms with Crippen molar-refractivity contribution >= 4 is 11.9 Å². The molecule has 2 rings (SSSR count). The van der Waals surface area contributed by atoms with Crippen molar-refractivity contribution in [3.05, 3.63) is 35.9 Å². The average molecular weight is 263 g/mol. The summed E-state index contributed by atoms with van der Waals surface area (Å²) in [5.74, 6) is -1.30. The summed E-state index contributed by atoms with van der Waals surface area (Å²) in [4.78, 5) is 24.2. The van der Waals surface area contributed by atoms with Gasteiger partial charge in [-0.05, 0) is 18.4 Å². The molecule has 1 aromatic rings. The Morgan fingerprint density at radius 3 is 2.58 bits per heavy atom. The Morgan fingerprint density at radius 2 is 2.05 bits per heavy atom. The van der Waals surface area contributed by atoms with Gasteiger partial charge < -0.3 is 15.1 Å². The molecular formula is C14H17NO4. The largest absolute Gasteiger partial charge is 0.480 e. The second kappa shape index (κ2) is 5.84. The number of nitrogens with zero attached hydrogens (tertiary/aromatic N) is 1. The van der Waals surface area contributed by atoms with Gasteiger partial charge in [0.15, 0.2) is 0 Å². The zero-order valence-electron chi connectivity index (χ0n) is 10.5. The fraction of sp³-hybridized carbons (Fsp3) is 0.429. The summed E-state index contributed by atoms with van der Waals surface area (Å²) in [6, 6.07) is 8.70. The topological polar surface area (TPSA) is 77.8 Å². The SMILES string of the molecule is O=C(O)[C@H](CCc1ccccc1)N1CC(O)CC1=O. The van der Waals surface area contributed by atoms with Crippen molar-refractivity contribution < 1.29 is 19.8 Å². The first kappa shape index (κ1) is 13.5. The Kier molecular flexibility index (Phi) is 4.16. The summed E-state index contributed by atoms with van der Waals surface area (Å²) in [5.41, 5.74) is 1.04. The number of rotatable bonds is 5. The van der Waals surface area contributed by atoms with Gasteiger partial charge in [-0.2, -0.15) is 0 Å². The molecule has 0 bridgehead atoms. The molecule has 1 unspecified atom stereocenters. The summed E-state index contributed by atoms with van der Waals surface area (Å²) < 4.78 is 0. The van der Waals surface area contributed by atoms with E-state index >= 15 is 0 Å². The normalized spacial score (nSPS) is 20.6. The molecule has 2 atom stereocenters. The fourth-order valence-electron chi connectivity index (χ4n) is 2.37. The van der Waals surface area contributed by atoms with Gasteiger partial charge in [-0.15, -0.1) is 0 Å². The summed E-state index contributed by atoms with van der Waals surface area (Å²) >= 11 is 0. The molecule has 2 N–H and O–H groups in total. The molecule has 1 aromatic carbocycles. The van der Waals surface area contributed by atoms with E-state index in [0.29, 0.717) is 12.8 Å². The molecule has 1 saturated heterocycles. The van der Waals surface area contributed by atoms with E-state index in [4.69, 9.17) is 0 Å². The standard InChI is InChI=1S/C14H17NO4/c16-11-8-13(17)15(9-11)12(14(18)19)7-6-10-4-2-1-3-5-10/h1-5,11-12,16H,6-9H2,(H,18,19)/t11?,12-/m0/s1. The summed E-state index contributed by atoms with van der Waals surface area (Å²) in [6.45, 7) is 0.116. The number of hydrogen-bond donors (Lipinski definition) is 2. The molecular weight excluding hydrogens is 246 g/mol. The smallest absolute Gasteiger partial charge is 0.326 e. The maximum Gasteiger partial charge on any atom is 0.326 e. The van der Waals surface area contributed by atoms with E-state index in [-0.39, 0.29) is 18.9 Å². The maximum atomic E-state index is 11.6. The molecule has 0 radical (unpaired) electrons. The molecule has 0 spiro atoms. The zero-order chi connectivity index (χ0) is 13.8.